The lowest BCUT2D eigenvalue weighted by atomic mass is 10.3. The molecule has 1 nitrogen and oxygen atoms in total. The monoisotopic (exact) mass is 128 g/mol. The van der Waals surface area contributed by atoms with Crippen molar-refractivity contribution in [3.8, 4) is 0 Å². The molecule has 0 aromatic carbocycles. The summed E-state index contributed by atoms with van der Waals surface area (Å²) in [6.45, 7) is 4.20. The normalized spacial score (nSPS) is 14.6. The Kier molecular flexibility index (Phi) is 5.64. The fraction of sp³-hybridized carbons (Fsp3) is 0.750. The van der Waals surface area contributed by atoms with Gasteiger partial charge >= 0.3 is 0 Å². The van der Waals surface area contributed by atoms with E-state index in [4.69, 9.17) is 4.74 Å². The van der Waals surface area contributed by atoms with Gasteiger partial charge in [0.2, 0.25) is 0 Å². The van der Waals surface area contributed by atoms with Crippen molar-refractivity contribution in [2.75, 3.05) is 7.11 Å². The summed E-state index contributed by atoms with van der Waals surface area (Å²) in [5, 5.41) is 0. The first-order chi connectivity index (χ1) is 4.31. The predicted molar refractivity (Wildman–Crippen MR) is 40.5 cm³/mol. The molecule has 1 atom stereocenters. The summed E-state index contributed by atoms with van der Waals surface area (Å²) >= 11 is 0. The van der Waals surface area contributed by atoms with Crippen LogP contribution in [0.5, 0.6) is 0 Å². The Labute approximate surface area is 57.7 Å². The summed E-state index contributed by atoms with van der Waals surface area (Å²) in [6, 6.07) is 0. The van der Waals surface area contributed by atoms with Crippen LogP contribution in [-0.2, 0) is 4.74 Å². The maximum absolute atomic E-state index is 5.01. The number of rotatable bonds is 4. The fourth-order valence-corrected chi connectivity index (χ4v) is 0.533. The summed E-state index contributed by atoms with van der Waals surface area (Å²) in [4.78, 5) is 0. The van der Waals surface area contributed by atoms with Crippen molar-refractivity contribution >= 4 is 0 Å². The average Bonchev–Trinajstić information content (AvgIpc) is 1.89. The first-order valence-corrected chi connectivity index (χ1v) is 3.50. The van der Waals surface area contributed by atoms with Gasteiger partial charge in [0.15, 0.2) is 0 Å². The zero-order chi connectivity index (χ0) is 7.11. The molecule has 0 bridgehead atoms. The van der Waals surface area contributed by atoms with E-state index in [2.05, 4.69) is 19.1 Å². The van der Waals surface area contributed by atoms with Gasteiger partial charge in [-0.25, -0.2) is 0 Å². The Morgan fingerprint density at radius 2 is 2.22 bits per heavy atom. The molecule has 0 fully saturated rings. The predicted octanol–water partition coefficient (Wildman–Crippen LogP) is 2.38. The number of hydrogen-bond donors (Lipinski definition) is 0. The molecular formula is C8H16O. The summed E-state index contributed by atoms with van der Waals surface area (Å²) in [6.07, 6.45) is 6.90. The Morgan fingerprint density at radius 1 is 1.56 bits per heavy atom. The molecule has 0 rings (SSSR count). The van der Waals surface area contributed by atoms with E-state index in [1.54, 1.807) is 7.11 Å². The van der Waals surface area contributed by atoms with Gasteiger partial charge in [-0.1, -0.05) is 25.5 Å². The van der Waals surface area contributed by atoms with Crippen LogP contribution in [0.25, 0.3) is 0 Å². The van der Waals surface area contributed by atoms with Gasteiger partial charge in [-0.15, -0.1) is 0 Å². The average molecular weight is 128 g/mol. The third-order valence-corrected chi connectivity index (χ3v) is 1.23. The van der Waals surface area contributed by atoms with E-state index in [-0.39, 0.29) is 6.10 Å². The van der Waals surface area contributed by atoms with E-state index in [1.165, 1.54) is 6.42 Å². The number of unbranched alkanes of at least 4 members (excludes halogenated alkanes) is 1. The zero-order valence-corrected chi connectivity index (χ0v) is 6.55. The summed E-state index contributed by atoms with van der Waals surface area (Å²) in [5.74, 6) is 0. The van der Waals surface area contributed by atoms with Gasteiger partial charge in [0.1, 0.15) is 0 Å². The molecule has 1 heteroatoms. The fourth-order valence-electron chi connectivity index (χ4n) is 0.533. The summed E-state index contributed by atoms with van der Waals surface area (Å²) in [7, 11) is 1.72. The maximum Gasteiger partial charge on any atom is 0.0723 e. The minimum atomic E-state index is 0.275. The number of ether oxygens (including phenoxy) is 1. The third kappa shape index (κ3) is 5.57. The van der Waals surface area contributed by atoms with Crippen LogP contribution in [0.4, 0.5) is 0 Å². The van der Waals surface area contributed by atoms with Crippen molar-refractivity contribution in [2.24, 2.45) is 0 Å². The van der Waals surface area contributed by atoms with E-state index >= 15 is 0 Å². The van der Waals surface area contributed by atoms with E-state index < -0.39 is 0 Å². The SMILES string of the molecule is CCCC=CC(C)OC. The van der Waals surface area contributed by atoms with Crippen LogP contribution in [0.15, 0.2) is 12.2 Å². The first-order valence-electron chi connectivity index (χ1n) is 3.50. The van der Waals surface area contributed by atoms with Crippen LogP contribution in [0.3, 0.4) is 0 Å². The third-order valence-electron chi connectivity index (χ3n) is 1.23. The van der Waals surface area contributed by atoms with E-state index in [1.807, 2.05) is 6.92 Å². The van der Waals surface area contributed by atoms with E-state index in [9.17, 15) is 0 Å². The van der Waals surface area contributed by atoms with Crippen molar-refractivity contribution in [2.45, 2.75) is 32.8 Å². The van der Waals surface area contributed by atoms with Crippen LogP contribution in [-0.4, -0.2) is 13.2 Å². The molecule has 0 saturated carbocycles. The highest BCUT2D eigenvalue weighted by molar-refractivity contribution is 4.86. The lowest BCUT2D eigenvalue weighted by molar-refractivity contribution is 0.156. The molecule has 0 aliphatic rings. The molecule has 0 aliphatic heterocycles. The van der Waals surface area contributed by atoms with Crippen molar-refractivity contribution in [3.05, 3.63) is 12.2 Å². The Balaban J connectivity index is 3.20. The lowest BCUT2D eigenvalue weighted by Crippen LogP contribution is -1.98. The van der Waals surface area contributed by atoms with Crippen LogP contribution >= 0.6 is 0 Å². The first kappa shape index (κ1) is 8.70. The van der Waals surface area contributed by atoms with E-state index in [0.29, 0.717) is 0 Å². The minimum Gasteiger partial charge on any atom is -0.378 e. The van der Waals surface area contributed by atoms with Gasteiger partial charge < -0.3 is 4.74 Å². The van der Waals surface area contributed by atoms with Gasteiger partial charge in [0.05, 0.1) is 6.10 Å². The number of hydrogen-bond acceptors (Lipinski definition) is 1. The van der Waals surface area contributed by atoms with Crippen molar-refractivity contribution in [1.82, 2.24) is 0 Å². The second-order valence-electron chi connectivity index (χ2n) is 2.16. The number of methoxy groups -OCH3 is 1. The highest BCUT2D eigenvalue weighted by atomic mass is 16.5. The topological polar surface area (TPSA) is 9.23 Å². The molecule has 0 heterocycles. The molecule has 54 valence electrons. The summed E-state index contributed by atoms with van der Waals surface area (Å²) in [5.41, 5.74) is 0. The van der Waals surface area contributed by atoms with Crippen LogP contribution in [0.1, 0.15) is 26.7 Å². The van der Waals surface area contributed by atoms with Gasteiger partial charge in [0.25, 0.3) is 0 Å². The maximum atomic E-state index is 5.01. The largest absolute Gasteiger partial charge is 0.378 e. The van der Waals surface area contributed by atoms with Gasteiger partial charge in [0, 0.05) is 7.11 Å². The van der Waals surface area contributed by atoms with Crippen LogP contribution in [0.2, 0.25) is 0 Å². The standard InChI is InChI=1S/C8H16O/c1-4-5-6-7-8(2)9-3/h6-8H,4-5H2,1-3H3. The molecule has 0 N–H and O–H groups in total. The van der Waals surface area contributed by atoms with Crippen molar-refractivity contribution in [1.29, 1.82) is 0 Å². The molecule has 0 aromatic heterocycles. The quantitative estimate of drug-likeness (QED) is 0.528. The molecule has 0 saturated heterocycles. The van der Waals surface area contributed by atoms with Gasteiger partial charge in [-0.2, -0.15) is 0 Å². The molecule has 0 aliphatic carbocycles. The van der Waals surface area contributed by atoms with Crippen molar-refractivity contribution < 1.29 is 4.74 Å². The second kappa shape index (κ2) is 5.83. The lowest BCUT2D eigenvalue weighted by Gasteiger charge is -2.00. The smallest absolute Gasteiger partial charge is 0.0723 e. The molecule has 0 radical (unpaired) electrons. The zero-order valence-electron chi connectivity index (χ0n) is 6.55. The van der Waals surface area contributed by atoms with Gasteiger partial charge in [-0.05, 0) is 13.3 Å². The number of allylic oxidation sites excluding steroid dienone is 1. The summed E-state index contributed by atoms with van der Waals surface area (Å²) < 4.78 is 5.01. The highest BCUT2D eigenvalue weighted by Gasteiger charge is 1.87. The molecule has 1 unspecified atom stereocenters. The molecule has 0 amide bonds. The van der Waals surface area contributed by atoms with E-state index in [0.717, 1.165) is 6.42 Å². The Hall–Kier alpha value is -0.300. The minimum absolute atomic E-state index is 0.275. The van der Waals surface area contributed by atoms with Crippen LogP contribution in [0, 0.1) is 0 Å². The Bertz CT molecular complexity index is 76.6. The highest BCUT2D eigenvalue weighted by Crippen LogP contribution is 1.93. The molecular weight excluding hydrogens is 112 g/mol. The molecule has 0 aromatic rings. The molecule has 9 heavy (non-hydrogen) atoms. The molecule has 0 spiro atoms. The van der Waals surface area contributed by atoms with Gasteiger partial charge in [-0.3, -0.25) is 0 Å². The Morgan fingerprint density at radius 3 is 2.67 bits per heavy atom. The second-order valence-corrected chi connectivity index (χ2v) is 2.16. The van der Waals surface area contributed by atoms with Crippen LogP contribution < -0.4 is 0 Å². The van der Waals surface area contributed by atoms with Crippen molar-refractivity contribution in [3.63, 3.8) is 0 Å².